The molecule has 0 spiro atoms. The predicted molar refractivity (Wildman–Crippen MR) is 99.6 cm³/mol. The van der Waals surface area contributed by atoms with Crippen LogP contribution >= 0.6 is 0 Å². The minimum atomic E-state index is -0.220. The van der Waals surface area contributed by atoms with Crippen molar-refractivity contribution in [1.82, 2.24) is 0 Å². The van der Waals surface area contributed by atoms with Crippen molar-refractivity contribution >= 4 is 11.6 Å². The van der Waals surface area contributed by atoms with Gasteiger partial charge in [0.1, 0.15) is 13.2 Å². The van der Waals surface area contributed by atoms with Crippen LogP contribution in [-0.4, -0.2) is 39.0 Å². The molecule has 6 nitrogen and oxygen atoms in total. The highest BCUT2D eigenvalue weighted by atomic mass is 16.6. The zero-order valence-corrected chi connectivity index (χ0v) is 15.7. The first kappa shape index (κ1) is 18.8. The number of hydrogen-bond acceptors (Lipinski definition) is 6. The van der Waals surface area contributed by atoms with Gasteiger partial charge in [0, 0.05) is 18.4 Å². The fourth-order valence-corrected chi connectivity index (χ4v) is 2.98. The standard InChI is InChI=1S/C21H22O6/c1-13-4-6-14(7-5-13)16(22)8-9-17(23)15-12-18-20(27-11-10-26-18)21(25-3)19(15)24-2/h4-7,12H,8-11H2,1-3H3. The van der Waals surface area contributed by atoms with Crippen LogP contribution in [0, 0.1) is 6.92 Å². The molecule has 142 valence electrons. The second-order valence-electron chi connectivity index (χ2n) is 6.23. The van der Waals surface area contributed by atoms with Gasteiger partial charge < -0.3 is 18.9 Å². The Bertz CT molecular complexity index is 854. The third-order valence-corrected chi connectivity index (χ3v) is 4.40. The molecular formula is C21H22O6. The van der Waals surface area contributed by atoms with Crippen molar-refractivity contribution in [3.8, 4) is 23.0 Å². The average Bonchev–Trinajstić information content (AvgIpc) is 2.70. The molecule has 1 heterocycles. The van der Waals surface area contributed by atoms with Gasteiger partial charge in [0.25, 0.3) is 0 Å². The third-order valence-electron chi connectivity index (χ3n) is 4.40. The summed E-state index contributed by atoms with van der Waals surface area (Å²) in [6, 6.07) is 8.90. The molecule has 0 unspecified atom stereocenters. The zero-order valence-electron chi connectivity index (χ0n) is 15.7. The fraction of sp³-hybridized carbons (Fsp3) is 0.333. The van der Waals surface area contributed by atoms with Crippen LogP contribution in [-0.2, 0) is 0 Å². The second-order valence-corrected chi connectivity index (χ2v) is 6.23. The number of ketones is 2. The Morgan fingerprint density at radius 2 is 1.56 bits per heavy atom. The molecule has 0 aromatic heterocycles. The Kier molecular flexibility index (Phi) is 5.64. The Hall–Kier alpha value is -3.02. The first-order chi connectivity index (χ1) is 13.0. The smallest absolute Gasteiger partial charge is 0.208 e. The molecule has 0 bridgehead atoms. The molecule has 0 saturated heterocycles. The lowest BCUT2D eigenvalue weighted by Crippen LogP contribution is -2.17. The molecule has 2 aromatic carbocycles. The lowest BCUT2D eigenvalue weighted by atomic mass is 9.99. The highest BCUT2D eigenvalue weighted by Crippen LogP contribution is 2.48. The molecule has 3 rings (SSSR count). The van der Waals surface area contributed by atoms with Crippen molar-refractivity contribution < 1.29 is 28.5 Å². The van der Waals surface area contributed by atoms with Crippen LogP contribution in [0.15, 0.2) is 30.3 Å². The van der Waals surface area contributed by atoms with Gasteiger partial charge in [0.2, 0.25) is 11.5 Å². The minimum Gasteiger partial charge on any atom is -0.492 e. The third kappa shape index (κ3) is 3.89. The summed E-state index contributed by atoms with van der Waals surface area (Å²) in [6.45, 7) is 2.74. The lowest BCUT2D eigenvalue weighted by molar-refractivity contribution is 0.0914. The van der Waals surface area contributed by atoms with Crippen LogP contribution in [0.25, 0.3) is 0 Å². The van der Waals surface area contributed by atoms with E-state index in [1.54, 1.807) is 18.2 Å². The first-order valence-corrected chi connectivity index (χ1v) is 8.72. The highest BCUT2D eigenvalue weighted by molar-refractivity contribution is 6.04. The molecular weight excluding hydrogens is 348 g/mol. The van der Waals surface area contributed by atoms with Gasteiger partial charge in [-0.2, -0.15) is 0 Å². The molecule has 1 aliphatic heterocycles. The van der Waals surface area contributed by atoms with Crippen LogP contribution in [0.4, 0.5) is 0 Å². The molecule has 0 aliphatic carbocycles. The van der Waals surface area contributed by atoms with E-state index in [1.165, 1.54) is 14.2 Å². The molecule has 2 aromatic rings. The maximum absolute atomic E-state index is 12.8. The molecule has 27 heavy (non-hydrogen) atoms. The van der Waals surface area contributed by atoms with Gasteiger partial charge in [-0.25, -0.2) is 0 Å². The van der Waals surface area contributed by atoms with Gasteiger partial charge in [0.15, 0.2) is 23.1 Å². The Morgan fingerprint density at radius 3 is 2.22 bits per heavy atom. The van der Waals surface area contributed by atoms with E-state index in [0.717, 1.165) is 5.56 Å². The summed E-state index contributed by atoms with van der Waals surface area (Å²) in [5.41, 5.74) is 1.99. The number of benzene rings is 2. The van der Waals surface area contributed by atoms with Crippen molar-refractivity contribution in [3.05, 3.63) is 47.0 Å². The topological polar surface area (TPSA) is 71.1 Å². The summed E-state index contributed by atoms with van der Waals surface area (Å²) in [7, 11) is 2.94. The maximum atomic E-state index is 12.8. The van der Waals surface area contributed by atoms with Crippen molar-refractivity contribution in [2.75, 3.05) is 27.4 Å². The number of carbonyl (C=O) groups excluding carboxylic acids is 2. The van der Waals surface area contributed by atoms with E-state index in [0.29, 0.717) is 41.6 Å². The number of methoxy groups -OCH3 is 2. The van der Waals surface area contributed by atoms with E-state index in [-0.39, 0.29) is 30.2 Å². The van der Waals surface area contributed by atoms with Crippen molar-refractivity contribution in [2.24, 2.45) is 0 Å². The highest BCUT2D eigenvalue weighted by Gasteiger charge is 2.27. The summed E-state index contributed by atoms with van der Waals surface area (Å²) < 4.78 is 22.0. The summed E-state index contributed by atoms with van der Waals surface area (Å²) >= 11 is 0. The van der Waals surface area contributed by atoms with Crippen LogP contribution in [0.2, 0.25) is 0 Å². The maximum Gasteiger partial charge on any atom is 0.208 e. The molecule has 0 atom stereocenters. The van der Waals surface area contributed by atoms with E-state index in [1.807, 2.05) is 19.1 Å². The molecule has 0 radical (unpaired) electrons. The van der Waals surface area contributed by atoms with Gasteiger partial charge in [-0.3, -0.25) is 9.59 Å². The fourth-order valence-electron chi connectivity index (χ4n) is 2.98. The Labute approximate surface area is 158 Å². The molecule has 0 saturated carbocycles. The molecule has 6 heteroatoms. The van der Waals surface area contributed by atoms with Gasteiger partial charge in [0.05, 0.1) is 19.8 Å². The number of carbonyl (C=O) groups is 2. The number of hydrogen-bond donors (Lipinski definition) is 0. The number of aryl methyl sites for hydroxylation is 1. The summed E-state index contributed by atoms with van der Waals surface area (Å²) in [5, 5.41) is 0. The number of Topliss-reactive ketones (excluding diaryl/α,β-unsaturated/α-hetero) is 2. The van der Waals surface area contributed by atoms with Crippen LogP contribution in [0.1, 0.15) is 39.1 Å². The van der Waals surface area contributed by atoms with Gasteiger partial charge in [-0.1, -0.05) is 29.8 Å². The van der Waals surface area contributed by atoms with Crippen molar-refractivity contribution in [2.45, 2.75) is 19.8 Å². The average molecular weight is 370 g/mol. The van der Waals surface area contributed by atoms with E-state index in [2.05, 4.69) is 0 Å². The second kappa shape index (κ2) is 8.12. The van der Waals surface area contributed by atoms with Gasteiger partial charge in [-0.15, -0.1) is 0 Å². The largest absolute Gasteiger partial charge is 0.492 e. The summed E-state index contributed by atoms with van der Waals surface area (Å²) in [5.74, 6) is 1.17. The minimum absolute atomic E-state index is 0.0614. The van der Waals surface area contributed by atoms with E-state index >= 15 is 0 Å². The molecule has 0 fully saturated rings. The van der Waals surface area contributed by atoms with Crippen molar-refractivity contribution in [3.63, 3.8) is 0 Å². The van der Waals surface area contributed by atoms with Gasteiger partial charge in [-0.05, 0) is 13.0 Å². The summed E-state index contributed by atoms with van der Waals surface area (Å²) in [4.78, 5) is 25.1. The van der Waals surface area contributed by atoms with Crippen LogP contribution in [0.3, 0.4) is 0 Å². The Balaban J connectivity index is 1.81. The molecule has 0 amide bonds. The zero-order chi connectivity index (χ0) is 19.4. The lowest BCUT2D eigenvalue weighted by Gasteiger charge is -2.23. The van der Waals surface area contributed by atoms with Crippen LogP contribution < -0.4 is 18.9 Å². The monoisotopic (exact) mass is 370 g/mol. The number of fused-ring (bicyclic) bond motifs is 1. The first-order valence-electron chi connectivity index (χ1n) is 8.72. The number of ether oxygens (including phenoxy) is 4. The van der Waals surface area contributed by atoms with Gasteiger partial charge >= 0.3 is 0 Å². The summed E-state index contributed by atoms with van der Waals surface area (Å²) in [6.07, 6.45) is 0.174. The van der Waals surface area contributed by atoms with Crippen LogP contribution in [0.5, 0.6) is 23.0 Å². The normalized spacial score (nSPS) is 12.4. The van der Waals surface area contributed by atoms with E-state index in [9.17, 15) is 9.59 Å². The Morgan fingerprint density at radius 1 is 0.926 bits per heavy atom. The predicted octanol–water partition coefficient (Wildman–Crippen LogP) is 3.63. The van der Waals surface area contributed by atoms with Crippen molar-refractivity contribution in [1.29, 1.82) is 0 Å². The molecule has 0 N–H and O–H groups in total. The van der Waals surface area contributed by atoms with E-state index in [4.69, 9.17) is 18.9 Å². The quantitative estimate of drug-likeness (QED) is 0.693. The SMILES string of the molecule is COc1c(C(=O)CCC(=O)c2ccc(C)cc2)cc2c(c1OC)OCCO2. The molecule has 1 aliphatic rings. The van der Waals surface area contributed by atoms with E-state index < -0.39 is 0 Å². The number of rotatable bonds is 7.